The highest BCUT2D eigenvalue weighted by Crippen LogP contribution is 2.31. The normalized spacial score (nSPS) is 13.0. The first-order chi connectivity index (χ1) is 19.2. The molecular weight excluding hydrogens is 518 g/mol. The van der Waals surface area contributed by atoms with Crippen molar-refractivity contribution in [1.82, 2.24) is 15.5 Å². The standard InChI is InChI=1S/C33H47N3O5/c1-9-11-12-20-34-29(38)28(25-15-13-14-23(10-2)21-25)36(32(3,4)5)30(39)27(35-31(40)41-33(6,7)8)22-24-16-18-26(37)19-17-24/h10,13-19,21,27-28,37H,2,9,11-12,20,22H2,1,3-8H3,(H,34,38)(H,35,40). The largest absolute Gasteiger partial charge is 0.508 e. The van der Waals surface area contributed by atoms with E-state index < -0.39 is 35.2 Å². The summed E-state index contributed by atoms with van der Waals surface area (Å²) in [7, 11) is 0. The van der Waals surface area contributed by atoms with Crippen molar-refractivity contribution in [2.75, 3.05) is 6.54 Å². The Morgan fingerprint density at radius 3 is 2.24 bits per heavy atom. The summed E-state index contributed by atoms with van der Waals surface area (Å²) in [6.45, 7) is 17.3. The van der Waals surface area contributed by atoms with E-state index >= 15 is 0 Å². The Bertz CT molecular complexity index is 1180. The van der Waals surface area contributed by atoms with Gasteiger partial charge in [0.25, 0.3) is 0 Å². The number of phenolic OH excluding ortho intramolecular Hbond substituents is 1. The van der Waals surface area contributed by atoms with Gasteiger partial charge in [-0.1, -0.05) is 62.8 Å². The maximum absolute atomic E-state index is 14.5. The minimum atomic E-state index is -1.05. The zero-order valence-electron chi connectivity index (χ0n) is 25.6. The lowest BCUT2D eigenvalue weighted by Gasteiger charge is -2.43. The minimum Gasteiger partial charge on any atom is -0.508 e. The van der Waals surface area contributed by atoms with Crippen molar-refractivity contribution in [3.8, 4) is 5.75 Å². The Labute approximate surface area is 245 Å². The molecule has 0 spiro atoms. The molecule has 0 saturated heterocycles. The van der Waals surface area contributed by atoms with Crippen LogP contribution in [0.4, 0.5) is 4.79 Å². The fourth-order valence-electron chi connectivity index (χ4n) is 4.49. The van der Waals surface area contributed by atoms with Crippen LogP contribution in [0.2, 0.25) is 0 Å². The molecule has 3 amide bonds. The van der Waals surface area contributed by atoms with Gasteiger partial charge in [0.15, 0.2) is 0 Å². The molecule has 224 valence electrons. The van der Waals surface area contributed by atoms with E-state index in [0.717, 1.165) is 30.4 Å². The third-order valence-corrected chi connectivity index (χ3v) is 6.37. The van der Waals surface area contributed by atoms with Gasteiger partial charge in [0.2, 0.25) is 11.8 Å². The number of hydrogen-bond donors (Lipinski definition) is 3. The van der Waals surface area contributed by atoms with Crippen molar-refractivity contribution >= 4 is 24.0 Å². The number of hydrogen-bond acceptors (Lipinski definition) is 5. The second-order valence-electron chi connectivity index (χ2n) is 12.2. The van der Waals surface area contributed by atoms with E-state index in [1.165, 1.54) is 12.1 Å². The van der Waals surface area contributed by atoms with Gasteiger partial charge >= 0.3 is 6.09 Å². The number of alkyl carbamates (subject to hydrolysis) is 1. The molecule has 0 saturated carbocycles. The van der Waals surface area contributed by atoms with E-state index in [9.17, 15) is 19.5 Å². The summed E-state index contributed by atoms with van der Waals surface area (Å²) >= 11 is 0. The Morgan fingerprint density at radius 2 is 1.68 bits per heavy atom. The number of ether oxygens (including phenoxy) is 1. The number of benzene rings is 2. The molecule has 0 heterocycles. The van der Waals surface area contributed by atoms with Crippen LogP contribution >= 0.6 is 0 Å². The van der Waals surface area contributed by atoms with Crippen LogP contribution in [0.5, 0.6) is 5.75 Å². The maximum Gasteiger partial charge on any atom is 0.408 e. The summed E-state index contributed by atoms with van der Waals surface area (Å²) in [4.78, 5) is 42.8. The predicted octanol–water partition coefficient (Wildman–Crippen LogP) is 6.15. The number of nitrogens with one attached hydrogen (secondary N) is 2. The summed E-state index contributed by atoms with van der Waals surface area (Å²) < 4.78 is 5.49. The smallest absolute Gasteiger partial charge is 0.408 e. The Kier molecular flexibility index (Phi) is 12.0. The Morgan fingerprint density at radius 1 is 1.02 bits per heavy atom. The fraction of sp³-hybridized carbons (Fsp3) is 0.485. The molecule has 0 bridgehead atoms. The van der Waals surface area contributed by atoms with Crippen molar-refractivity contribution in [2.45, 2.75) is 97.4 Å². The molecule has 0 aliphatic carbocycles. The van der Waals surface area contributed by atoms with Crippen molar-refractivity contribution in [1.29, 1.82) is 0 Å². The zero-order valence-corrected chi connectivity index (χ0v) is 25.6. The molecule has 0 aromatic heterocycles. The van der Waals surface area contributed by atoms with Crippen molar-refractivity contribution < 1.29 is 24.2 Å². The van der Waals surface area contributed by atoms with Crippen molar-refractivity contribution in [3.63, 3.8) is 0 Å². The third-order valence-electron chi connectivity index (χ3n) is 6.37. The van der Waals surface area contributed by atoms with Crippen LogP contribution in [0.3, 0.4) is 0 Å². The van der Waals surface area contributed by atoms with Gasteiger partial charge in [0.1, 0.15) is 23.4 Å². The van der Waals surface area contributed by atoms with Crippen LogP contribution < -0.4 is 10.6 Å². The zero-order chi connectivity index (χ0) is 30.8. The molecule has 2 aromatic rings. The van der Waals surface area contributed by atoms with E-state index in [1.54, 1.807) is 43.9 Å². The molecule has 2 aromatic carbocycles. The highest BCUT2D eigenvalue weighted by atomic mass is 16.6. The highest BCUT2D eigenvalue weighted by Gasteiger charge is 2.42. The SMILES string of the molecule is C=Cc1cccc(C(C(=O)NCCCCC)N(C(=O)C(Cc2ccc(O)cc2)NC(=O)OC(C)(C)C)C(C)(C)C)c1. The molecule has 0 aliphatic rings. The summed E-state index contributed by atoms with van der Waals surface area (Å²) in [6.07, 6.45) is 3.91. The maximum atomic E-state index is 14.5. The average molecular weight is 566 g/mol. The van der Waals surface area contributed by atoms with Crippen LogP contribution in [0, 0.1) is 0 Å². The summed E-state index contributed by atoms with van der Waals surface area (Å²) in [6, 6.07) is 11.8. The van der Waals surface area contributed by atoms with Crippen LogP contribution in [0.25, 0.3) is 6.08 Å². The van der Waals surface area contributed by atoms with Crippen LogP contribution in [0.1, 0.15) is 90.5 Å². The molecule has 3 N–H and O–H groups in total. The van der Waals surface area contributed by atoms with E-state index in [0.29, 0.717) is 12.1 Å². The van der Waals surface area contributed by atoms with Gasteiger partial charge in [-0.15, -0.1) is 0 Å². The van der Waals surface area contributed by atoms with Gasteiger partial charge in [0, 0.05) is 18.5 Å². The number of nitrogens with zero attached hydrogens (tertiary/aromatic N) is 1. The van der Waals surface area contributed by atoms with Crippen LogP contribution in [-0.4, -0.2) is 51.6 Å². The molecule has 41 heavy (non-hydrogen) atoms. The number of carbonyl (C=O) groups is 3. The molecule has 2 atom stereocenters. The Hall–Kier alpha value is -3.81. The van der Waals surface area contributed by atoms with Gasteiger partial charge in [0.05, 0.1) is 0 Å². The summed E-state index contributed by atoms with van der Waals surface area (Å²) in [5.74, 6) is -0.643. The monoisotopic (exact) mass is 565 g/mol. The number of carbonyl (C=O) groups excluding carboxylic acids is 3. The third kappa shape index (κ3) is 10.6. The van der Waals surface area contributed by atoms with Gasteiger partial charge < -0.3 is 25.4 Å². The second kappa shape index (κ2) is 14.7. The molecule has 2 rings (SSSR count). The van der Waals surface area contributed by atoms with Crippen molar-refractivity contribution in [2.24, 2.45) is 0 Å². The number of rotatable bonds is 12. The molecule has 0 aliphatic heterocycles. The van der Waals surface area contributed by atoms with Gasteiger partial charge in [-0.3, -0.25) is 9.59 Å². The van der Waals surface area contributed by atoms with E-state index in [1.807, 2.05) is 45.0 Å². The topological polar surface area (TPSA) is 108 Å². The van der Waals surface area contributed by atoms with Crippen molar-refractivity contribution in [3.05, 3.63) is 71.8 Å². The van der Waals surface area contributed by atoms with E-state index in [2.05, 4.69) is 24.1 Å². The highest BCUT2D eigenvalue weighted by molar-refractivity contribution is 5.93. The number of unbranched alkanes of at least 4 members (excludes halogenated alkanes) is 2. The second-order valence-corrected chi connectivity index (χ2v) is 12.2. The average Bonchev–Trinajstić information content (AvgIpc) is 2.88. The summed E-state index contributed by atoms with van der Waals surface area (Å²) in [5, 5.41) is 15.5. The molecule has 2 unspecified atom stereocenters. The van der Waals surface area contributed by atoms with Gasteiger partial charge in [-0.25, -0.2) is 4.79 Å². The summed E-state index contributed by atoms with van der Waals surface area (Å²) in [5.41, 5.74) is 0.598. The van der Waals surface area contributed by atoms with E-state index in [-0.39, 0.29) is 18.1 Å². The lowest BCUT2D eigenvalue weighted by molar-refractivity contribution is -0.148. The first-order valence-corrected chi connectivity index (χ1v) is 14.3. The van der Waals surface area contributed by atoms with Crippen LogP contribution in [0.15, 0.2) is 55.1 Å². The lowest BCUT2D eigenvalue weighted by Crippen LogP contribution is -2.59. The predicted molar refractivity (Wildman–Crippen MR) is 163 cm³/mol. The number of phenols is 1. The quantitative estimate of drug-likeness (QED) is 0.268. The number of amides is 3. The first-order valence-electron chi connectivity index (χ1n) is 14.3. The van der Waals surface area contributed by atoms with Gasteiger partial charge in [-0.2, -0.15) is 0 Å². The minimum absolute atomic E-state index is 0.0926. The lowest BCUT2D eigenvalue weighted by atomic mass is 9.93. The molecular formula is C33H47N3O5. The Balaban J connectivity index is 2.60. The molecule has 8 heteroatoms. The van der Waals surface area contributed by atoms with Crippen LogP contribution in [-0.2, 0) is 20.7 Å². The van der Waals surface area contributed by atoms with E-state index in [4.69, 9.17) is 4.74 Å². The first kappa shape index (κ1) is 33.4. The van der Waals surface area contributed by atoms with Gasteiger partial charge in [-0.05, 0) is 82.9 Å². The molecule has 8 nitrogen and oxygen atoms in total. The molecule has 0 radical (unpaired) electrons. The number of aromatic hydroxyl groups is 1. The fourth-order valence-corrected chi connectivity index (χ4v) is 4.49. The molecule has 0 fully saturated rings.